The van der Waals surface area contributed by atoms with Crippen molar-refractivity contribution in [2.45, 2.75) is 52.0 Å². The highest BCUT2D eigenvalue weighted by Crippen LogP contribution is 2.31. The highest BCUT2D eigenvalue weighted by atomic mass is 16.6. The molecule has 52 heavy (non-hydrogen) atoms. The first kappa shape index (κ1) is 37.1. The van der Waals surface area contributed by atoms with E-state index in [4.69, 9.17) is 14.2 Å². The molecule has 0 bridgehead atoms. The number of nitrogens with one attached hydrogen (secondary N) is 4. The van der Waals surface area contributed by atoms with Crippen LogP contribution in [0.5, 0.6) is 0 Å². The molecular weight excluding hydrogens is 666 g/mol. The van der Waals surface area contributed by atoms with Gasteiger partial charge in [-0.2, -0.15) is 0 Å². The number of aromatic nitrogens is 2. The molecule has 4 amide bonds. The van der Waals surface area contributed by atoms with Gasteiger partial charge >= 0.3 is 18.3 Å². The predicted octanol–water partition coefficient (Wildman–Crippen LogP) is 6.35. The number of nitrogens with zero attached hydrogens (tertiary/aromatic N) is 3. The summed E-state index contributed by atoms with van der Waals surface area (Å²) in [5.41, 5.74) is 2.43. The van der Waals surface area contributed by atoms with Crippen LogP contribution in [0.3, 0.4) is 0 Å². The van der Waals surface area contributed by atoms with Crippen molar-refractivity contribution < 1.29 is 33.4 Å². The van der Waals surface area contributed by atoms with Gasteiger partial charge < -0.3 is 35.1 Å². The number of methoxy groups -OCH3 is 1. The van der Waals surface area contributed by atoms with Gasteiger partial charge in [0.15, 0.2) is 5.69 Å². The molecule has 1 aliphatic rings. The van der Waals surface area contributed by atoms with E-state index in [1.54, 1.807) is 51.2 Å². The number of fused-ring (bicyclic) bond motifs is 1. The lowest BCUT2D eigenvalue weighted by atomic mass is 9.89. The summed E-state index contributed by atoms with van der Waals surface area (Å²) < 4.78 is 15.8. The Balaban J connectivity index is 1.42. The fourth-order valence-electron chi connectivity index (χ4n) is 5.90. The van der Waals surface area contributed by atoms with Gasteiger partial charge in [-0.3, -0.25) is 15.1 Å². The average molecular weight is 710 g/mol. The summed E-state index contributed by atoms with van der Waals surface area (Å²) in [6.45, 7) is 11.7. The van der Waals surface area contributed by atoms with Gasteiger partial charge in [0.05, 0.1) is 48.0 Å². The quantitative estimate of drug-likeness (QED) is 0.144. The molecule has 1 fully saturated rings. The highest BCUT2D eigenvalue weighted by Gasteiger charge is 2.38. The van der Waals surface area contributed by atoms with Crippen molar-refractivity contribution in [1.82, 2.24) is 20.6 Å². The Bertz CT molecular complexity index is 1950. The number of benzene rings is 2. The molecule has 4 N–H and O–H groups in total. The molecule has 0 radical (unpaired) electrons. The van der Waals surface area contributed by atoms with E-state index in [2.05, 4.69) is 37.8 Å². The number of carbonyl (C=O) groups excluding carboxylic acids is 4. The molecule has 14 heteroatoms. The molecule has 1 aliphatic heterocycles. The van der Waals surface area contributed by atoms with E-state index in [1.807, 2.05) is 54.3 Å². The minimum absolute atomic E-state index is 0.0327. The summed E-state index contributed by atoms with van der Waals surface area (Å²) in [6, 6.07) is 17.0. The number of rotatable bonds is 9. The standard InChI is InChI=1S/C38H43N7O7/c1-7-24-13-14-26-18-28(42-36(48)51-22-25-11-9-8-10-12-25)33(40-27(26)17-24)34(46)41-29-19-39-16-15-31(29)45-20-23(2)32(44-35(47)50-6)30(21-45)43-37(49)52-38(3,4)5/h7-19,23,30,32H,1,20-22H2,2-6H3,(H,41,46)(H,42,48)(H,43,49)(H,44,47)/t23-,30+,32-/m0/s1. The van der Waals surface area contributed by atoms with E-state index >= 15 is 0 Å². The number of ether oxygens (including phenoxy) is 3. The number of hydrogen-bond acceptors (Lipinski definition) is 10. The van der Waals surface area contributed by atoms with E-state index in [1.165, 1.54) is 13.3 Å². The van der Waals surface area contributed by atoms with E-state index < -0.39 is 41.9 Å². The first-order chi connectivity index (χ1) is 24.8. The molecule has 14 nitrogen and oxygen atoms in total. The fraction of sp³-hybridized carbons (Fsp3) is 0.316. The Hall–Kier alpha value is -6.18. The maximum Gasteiger partial charge on any atom is 0.412 e. The molecule has 1 saturated heterocycles. The monoisotopic (exact) mass is 709 g/mol. The highest BCUT2D eigenvalue weighted by molar-refractivity contribution is 6.11. The van der Waals surface area contributed by atoms with Gasteiger partial charge in [-0.05, 0) is 56.0 Å². The van der Waals surface area contributed by atoms with E-state index in [0.29, 0.717) is 28.8 Å². The van der Waals surface area contributed by atoms with Crippen molar-refractivity contribution in [1.29, 1.82) is 0 Å². The van der Waals surface area contributed by atoms with Crippen LogP contribution in [-0.2, 0) is 20.8 Å². The van der Waals surface area contributed by atoms with Crippen LogP contribution in [-0.4, -0.2) is 72.0 Å². The van der Waals surface area contributed by atoms with Gasteiger partial charge in [-0.25, -0.2) is 19.4 Å². The molecule has 2 aromatic carbocycles. The number of pyridine rings is 2. The Kier molecular flexibility index (Phi) is 11.6. The first-order valence-electron chi connectivity index (χ1n) is 16.7. The lowest BCUT2D eigenvalue weighted by Crippen LogP contribution is -2.64. The maximum absolute atomic E-state index is 14.1. The van der Waals surface area contributed by atoms with Crippen LogP contribution >= 0.6 is 0 Å². The van der Waals surface area contributed by atoms with Crippen LogP contribution in [0.2, 0.25) is 0 Å². The SMILES string of the molecule is C=Cc1ccc2cc(NC(=O)OCc3ccccc3)c(C(=O)Nc3cnccc3N3C[C@H](C)[C@H](NC(=O)OC)[C@H](NC(=O)OC(C)(C)C)C3)nc2c1. The topological polar surface area (TPSA) is 173 Å². The third-order valence-corrected chi connectivity index (χ3v) is 8.27. The van der Waals surface area contributed by atoms with Crippen molar-refractivity contribution in [3.63, 3.8) is 0 Å². The largest absolute Gasteiger partial charge is 0.453 e. The summed E-state index contributed by atoms with van der Waals surface area (Å²) in [5.74, 6) is -0.805. The van der Waals surface area contributed by atoms with Gasteiger partial charge in [-0.15, -0.1) is 0 Å². The van der Waals surface area contributed by atoms with Gasteiger partial charge in [0.25, 0.3) is 5.91 Å². The van der Waals surface area contributed by atoms with Crippen LogP contribution < -0.4 is 26.2 Å². The van der Waals surface area contributed by atoms with Crippen LogP contribution in [0.1, 0.15) is 49.3 Å². The molecule has 5 rings (SSSR count). The summed E-state index contributed by atoms with van der Waals surface area (Å²) in [7, 11) is 1.27. The normalized spacial score (nSPS) is 17.0. The average Bonchev–Trinajstić information content (AvgIpc) is 3.11. The Morgan fingerprint density at radius 3 is 2.42 bits per heavy atom. The third kappa shape index (κ3) is 9.53. The summed E-state index contributed by atoms with van der Waals surface area (Å²) in [5, 5.41) is 12.0. The molecule has 0 unspecified atom stereocenters. The molecule has 0 saturated carbocycles. The second-order valence-electron chi connectivity index (χ2n) is 13.4. The van der Waals surface area contributed by atoms with Crippen LogP contribution in [0.4, 0.5) is 31.4 Å². The number of carbonyl (C=O) groups is 4. The predicted molar refractivity (Wildman–Crippen MR) is 198 cm³/mol. The molecular formula is C38H43N7O7. The molecule has 272 valence electrons. The maximum atomic E-state index is 14.1. The zero-order valence-electron chi connectivity index (χ0n) is 29.8. The van der Waals surface area contributed by atoms with Crippen molar-refractivity contribution in [2.75, 3.05) is 35.7 Å². The Labute approximate surface area is 301 Å². The molecule has 3 heterocycles. The first-order valence-corrected chi connectivity index (χ1v) is 16.7. The molecule has 2 aromatic heterocycles. The van der Waals surface area contributed by atoms with Crippen LogP contribution in [0, 0.1) is 5.92 Å². The van der Waals surface area contributed by atoms with Gasteiger partial charge in [-0.1, -0.05) is 62.0 Å². The van der Waals surface area contributed by atoms with Crippen molar-refractivity contribution in [3.8, 4) is 0 Å². The van der Waals surface area contributed by atoms with E-state index in [0.717, 1.165) is 11.1 Å². The smallest absolute Gasteiger partial charge is 0.412 e. The third-order valence-electron chi connectivity index (χ3n) is 8.27. The second-order valence-corrected chi connectivity index (χ2v) is 13.4. The minimum atomic E-state index is -0.759. The Morgan fingerprint density at radius 1 is 0.942 bits per heavy atom. The number of alkyl carbamates (subject to hydrolysis) is 2. The van der Waals surface area contributed by atoms with E-state index in [9.17, 15) is 19.2 Å². The summed E-state index contributed by atoms with van der Waals surface area (Å²) in [6.07, 6.45) is 2.73. The number of piperidine rings is 1. The van der Waals surface area contributed by atoms with Gasteiger partial charge in [0.1, 0.15) is 12.2 Å². The van der Waals surface area contributed by atoms with Crippen molar-refractivity contribution in [3.05, 3.63) is 96.5 Å². The number of hydrogen-bond donors (Lipinski definition) is 4. The van der Waals surface area contributed by atoms with Crippen molar-refractivity contribution >= 4 is 58.2 Å². The summed E-state index contributed by atoms with van der Waals surface area (Å²) in [4.78, 5) is 63.1. The number of amides is 4. The second kappa shape index (κ2) is 16.2. The van der Waals surface area contributed by atoms with Gasteiger partial charge in [0.2, 0.25) is 0 Å². The number of anilines is 3. The van der Waals surface area contributed by atoms with Crippen LogP contribution in [0.15, 0.2) is 79.6 Å². The summed E-state index contributed by atoms with van der Waals surface area (Å²) >= 11 is 0. The van der Waals surface area contributed by atoms with Gasteiger partial charge in [0, 0.05) is 24.7 Å². The Morgan fingerprint density at radius 2 is 1.71 bits per heavy atom. The van der Waals surface area contributed by atoms with Crippen molar-refractivity contribution in [2.24, 2.45) is 5.92 Å². The minimum Gasteiger partial charge on any atom is -0.453 e. The molecule has 4 aromatic rings. The van der Waals surface area contributed by atoms with Crippen LogP contribution in [0.25, 0.3) is 17.0 Å². The zero-order chi connectivity index (χ0) is 37.4. The zero-order valence-corrected chi connectivity index (χ0v) is 29.8. The van der Waals surface area contributed by atoms with E-state index in [-0.39, 0.29) is 30.5 Å². The lowest BCUT2D eigenvalue weighted by Gasteiger charge is -2.44. The molecule has 0 spiro atoms. The lowest BCUT2D eigenvalue weighted by molar-refractivity contribution is 0.0476. The molecule has 3 atom stereocenters. The molecule has 0 aliphatic carbocycles. The fourth-order valence-corrected chi connectivity index (χ4v) is 5.90.